The van der Waals surface area contributed by atoms with E-state index in [0.717, 1.165) is 21.7 Å². The molecule has 40 heavy (non-hydrogen) atoms. The molecule has 0 radical (unpaired) electrons. The molecule has 214 valence electrons. The molecule has 1 unspecified atom stereocenters. The molecule has 2 amide bonds. The molecule has 0 bridgehead atoms. The van der Waals surface area contributed by atoms with Crippen LogP contribution in [0.5, 0.6) is 5.75 Å². The number of methoxy groups -OCH3 is 1. The highest BCUT2D eigenvalue weighted by Crippen LogP contribution is 2.24. The zero-order valence-corrected chi connectivity index (χ0v) is 25.6. The Morgan fingerprint density at radius 3 is 2.25 bits per heavy atom. The second-order valence-corrected chi connectivity index (χ2v) is 12.8. The number of rotatable bonds is 13. The monoisotopic (exact) mass is 629 g/mol. The molecule has 10 heteroatoms. The Morgan fingerprint density at radius 2 is 1.62 bits per heavy atom. The number of halogens is 1. The molecule has 3 aromatic rings. The number of ether oxygens (including phenoxy) is 1. The summed E-state index contributed by atoms with van der Waals surface area (Å²) in [4.78, 5) is 29.2. The van der Waals surface area contributed by atoms with Crippen molar-refractivity contribution in [3.8, 4) is 5.75 Å². The van der Waals surface area contributed by atoms with Crippen molar-refractivity contribution in [1.29, 1.82) is 0 Å². The minimum atomic E-state index is -3.83. The van der Waals surface area contributed by atoms with E-state index in [0.29, 0.717) is 22.5 Å². The van der Waals surface area contributed by atoms with Crippen LogP contribution >= 0.6 is 15.9 Å². The van der Waals surface area contributed by atoms with E-state index in [9.17, 15) is 18.0 Å². The van der Waals surface area contributed by atoms with Gasteiger partial charge in [-0.25, -0.2) is 8.42 Å². The summed E-state index contributed by atoms with van der Waals surface area (Å²) in [7, 11) is -2.27. The average molecular weight is 631 g/mol. The Labute approximate surface area is 245 Å². The first-order chi connectivity index (χ1) is 19.0. The van der Waals surface area contributed by atoms with E-state index in [2.05, 4.69) is 21.2 Å². The predicted molar refractivity (Wildman–Crippen MR) is 162 cm³/mol. The molecule has 0 spiro atoms. The van der Waals surface area contributed by atoms with E-state index >= 15 is 0 Å². The number of sulfonamides is 1. The van der Waals surface area contributed by atoms with Gasteiger partial charge >= 0.3 is 0 Å². The Balaban J connectivity index is 2.06. The number of amides is 2. The van der Waals surface area contributed by atoms with Crippen molar-refractivity contribution in [2.75, 3.05) is 30.8 Å². The molecule has 0 aliphatic heterocycles. The molecular formula is C30H36BrN3O5S. The van der Waals surface area contributed by atoms with Crippen molar-refractivity contribution in [3.63, 3.8) is 0 Å². The lowest BCUT2D eigenvalue weighted by Crippen LogP contribution is -2.53. The van der Waals surface area contributed by atoms with Gasteiger partial charge in [0.2, 0.25) is 21.8 Å². The lowest BCUT2D eigenvalue weighted by molar-refractivity contribution is -0.140. The van der Waals surface area contributed by atoms with Gasteiger partial charge in [0, 0.05) is 24.0 Å². The molecule has 0 saturated heterocycles. The third-order valence-corrected chi connectivity index (χ3v) is 7.85. The molecule has 0 heterocycles. The summed E-state index contributed by atoms with van der Waals surface area (Å²) in [6, 6.07) is 22.6. The molecule has 1 N–H and O–H groups in total. The first kappa shape index (κ1) is 31.2. The van der Waals surface area contributed by atoms with Crippen molar-refractivity contribution in [1.82, 2.24) is 10.2 Å². The summed E-state index contributed by atoms with van der Waals surface area (Å²) in [6.07, 6.45) is 1.32. The summed E-state index contributed by atoms with van der Waals surface area (Å²) in [5.74, 6) is 0.0118. The van der Waals surface area contributed by atoms with E-state index in [1.54, 1.807) is 43.5 Å². The van der Waals surface area contributed by atoms with Crippen LogP contribution in [0, 0.1) is 5.92 Å². The third kappa shape index (κ3) is 9.09. The maximum atomic E-state index is 14.1. The van der Waals surface area contributed by atoms with Gasteiger partial charge < -0.3 is 15.0 Å². The van der Waals surface area contributed by atoms with E-state index in [1.165, 1.54) is 4.90 Å². The zero-order valence-electron chi connectivity index (χ0n) is 23.2. The molecule has 1 atom stereocenters. The van der Waals surface area contributed by atoms with Crippen molar-refractivity contribution < 1.29 is 22.7 Å². The number of anilines is 1. The summed E-state index contributed by atoms with van der Waals surface area (Å²) >= 11 is 3.38. The van der Waals surface area contributed by atoms with Gasteiger partial charge in [-0.3, -0.25) is 13.9 Å². The minimum absolute atomic E-state index is 0.0821. The van der Waals surface area contributed by atoms with Gasteiger partial charge in [-0.1, -0.05) is 78.3 Å². The van der Waals surface area contributed by atoms with Gasteiger partial charge in [-0.15, -0.1) is 0 Å². The van der Waals surface area contributed by atoms with Gasteiger partial charge in [0.05, 0.1) is 19.1 Å². The molecule has 0 aliphatic rings. The number of carbonyl (C=O) groups is 2. The van der Waals surface area contributed by atoms with Crippen LogP contribution in [0.15, 0.2) is 83.3 Å². The van der Waals surface area contributed by atoms with Gasteiger partial charge in [0.1, 0.15) is 18.3 Å². The van der Waals surface area contributed by atoms with Crippen LogP contribution in [0.4, 0.5) is 5.69 Å². The Hall–Kier alpha value is -3.37. The SMILES string of the molecule is COc1cccc(CN(C(=O)CN(c2cccc(Br)c2)S(C)(=O)=O)C(Cc2ccccc2)C(=O)NCC(C)C)c1. The molecule has 3 aromatic carbocycles. The van der Waals surface area contributed by atoms with Crippen LogP contribution < -0.4 is 14.4 Å². The zero-order chi connectivity index (χ0) is 29.3. The number of hydrogen-bond acceptors (Lipinski definition) is 5. The number of nitrogens with zero attached hydrogens (tertiary/aromatic N) is 2. The number of benzene rings is 3. The lowest BCUT2D eigenvalue weighted by atomic mass is 10.0. The summed E-state index contributed by atoms with van der Waals surface area (Å²) in [6.45, 7) is 4.04. The molecule has 0 saturated carbocycles. The van der Waals surface area contributed by atoms with Crippen LogP contribution in [-0.4, -0.2) is 57.6 Å². The van der Waals surface area contributed by atoms with E-state index < -0.39 is 28.5 Å². The van der Waals surface area contributed by atoms with E-state index in [4.69, 9.17) is 4.74 Å². The molecular weight excluding hydrogens is 594 g/mol. The number of carbonyl (C=O) groups excluding carboxylic acids is 2. The fraction of sp³-hybridized carbons (Fsp3) is 0.333. The van der Waals surface area contributed by atoms with Crippen LogP contribution in [0.25, 0.3) is 0 Å². The number of nitrogens with one attached hydrogen (secondary N) is 1. The first-order valence-corrected chi connectivity index (χ1v) is 15.6. The Morgan fingerprint density at radius 1 is 0.950 bits per heavy atom. The van der Waals surface area contributed by atoms with E-state index in [-0.39, 0.29) is 24.8 Å². The number of hydrogen-bond donors (Lipinski definition) is 1. The maximum absolute atomic E-state index is 14.1. The van der Waals surface area contributed by atoms with Crippen molar-refractivity contribution in [3.05, 3.63) is 94.5 Å². The minimum Gasteiger partial charge on any atom is -0.497 e. The quantitative estimate of drug-likeness (QED) is 0.297. The normalized spacial score (nSPS) is 12.1. The summed E-state index contributed by atoms with van der Waals surface area (Å²) in [5.41, 5.74) is 1.97. The van der Waals surface area contributed by atoms with E-state index in [1.807, 2.05) is 56.3 Å². The van der Waals surface area contributed by atoms with Gasteiger partial charge in [-0.2, -0.15) is 0 Å². The van der Waals surface area contributed by atoms with Crippen LogP contribution in [0.3, 0.4) is 0 Å². The molecule has 8 nitrogen and oxygen atoms in total. The summed E-state index contributed by atoms with van der Waals surface area (Å²) in [5, 5.41) is 2.97. The fourth-order valence-electron chi connectivity index (χ4n) is 4.19. The van der Waals surface area contributed by atoms with Gasteiger partial charge in [-0.05, 0) is 47.4 Å². The van der Waals surface area contributed by atoms with Gasteiger partial charge in [0.15, 0.2) is 0 Å². The van der Waals surface area contributed by atoms with Crippen molar-refractivity contribution in [2.24, 2.45) is 5.92 Å². The summed E-state index contributed by atoms with van der Waals surface area (Å²) < 4.78 is 32.8. The third-order valence-electron chi connectivity index (χ3n) is 6.22. The van der Waals surface area contributed by atoms with Crippen LogP contribution in [-0.2, 0) is 32.6 Å². The Kier molecular flexibility index (Phi) is 11.2. The molecule has 0 aliphatic carbocycles. The van der Waals surface area contributed by atoms with Gasteiger partial charge in [0.25, 0.3) is 0 Å². The molecule has 0 fully saturated rings. The first-order valence-electron chi connectivity index (χ1n) is 12.9. The van der Waals surface area contributed by atoms with Crippen molar-refractivity contribution >= 4 is 43.5 Å². The second-order valence-electron chi connectivity index (χ2n) is 9.97. The van der Waals surface area contributed by atoms with Crippen molar-refractivity contribution in [2.45, 2.75) is 32.9 Å². The fourth-order valence-corrected chi connectivity index (χ4v) is 5.42. The maximum Gasteiger partial charge on any atom is 0.244 e. The topological polar surface area (TPSA) is 96.0 Å². The highest BCUT2D eigenvalue weighted by atomic mass is 79.9. The van der Waals surface area contributed by atoms with Crippen LogP contribution in [0.1, 0.15) is 25.0 Å². The second kappa shape index (κ2) is 14.3. The molecule has 3 rings (SSSR count). The average Bonchev–Trinajstić information content (AvgIpc) is 2.92. The molecule has 0 aromatic heterocycles. The van der Waals surface area contributed by atoms with Crippen LogP contribution in [0.2, 0.25) is 0 Å². The lowest BCUT2D eigenvalue weighted by Gasteiger charge is -2.33. The predicted octanol–water partition coefficient (Wildman–Crippen LogP) is 4.64. The smallest absolute Gasteiger partial charge is 0.244 e. The highest BCUT2D eigenvalue weighted by molar-refractivity contribution is 9.10. The largest absolute Gasteiger partial charge is 0.497 e. The Bertz CT molecular complexity index is 1400. The standard InChI is InChI=1S/C30H36BrN3O5S/c1-22(2)19-32-30(36)28(17-23-10-6-5-7-11-23)33(20-24-12-8-15-27(16-24)39-3)29(35)21-34(40(4,37)38)26-14-9-13-25(31)18-26/h5-16,18,22,28H,17,19-21H2,1-4H3,(H,32,36). The highest BCUT2D eigenvalue weighted by Gasteiger charge is 2.33.